The van der Waals surface area contributed by atoms with Gasteiger partial charge in [-0.25, -0.2) is 4.98 Å². The fourth-order valence-electron chi connectivity index (χ4n) is 5.05. The standard InChI is InChI=1S/C25H32N6O/c1-18-17-31(22-6-4-3-5-7-22)24-23(18)16-26-25(28-24)27-20-8-10-21(11-9-20)30-14-12-29(13-15-30)19(2)32/h8-11,16-17,22H,3-7,12-15H2,1-2H3,(H,26,27,28). The van der Waals surface area contributed by atoms with Crippen LogP contribution in [-0.2, 0) is 4.79 Å². The molecule has 1 saturated carbocycles. The van der Waals surface area contributed by atoms with Crippen LogP contribution in [-0.4, -0.2) is 51.5 Å². The lowest BCUT2D eigenvalue weighted by molar-refractivity contribution is -0.129. The molecule has 1 aliphatic carbocycles. The van der Waals surface area contributed by atoms with Crippen molar-refractivity contribution in [2.75, 3.05) is 36.4 Å². The molecule has 168 valence electrons. The van der Waals surface area contributed by atoms with Crippen molar-refractivity contribution in [3.8, 4) is 0 Å². The number of nitrogens with one attached hydrogen (secondary N) is 1. The van der Waals surface area contributed by atoms with Crippen molar-refractivity contribution < 1.29 is 4.79 Å². The Kier molecular flexibility index (Phi) is 5.72. The molecule has 3 heterocycles. The molecular formula is C25H32N6O. The molecule has 2 aromatic heterocycles. The molecule has 1 amide bonds. The number of carbonyl (C=O) groups is 1. The van der Waals surface area contributed by atoms with Gasteiger partial charge >= 0.3 is 0 Å². The van der Waals surface area contributed by atoms with E-state index in [-0.39, 0.29) is 5.91 Å². The molecule has 0 bridgehead atoms. The maximum atomic E-state index is 11.5. The molecule has 3 aromatic rings. The molecule has 1 N–H and O–H groups in total. The van der Waals surface area contributed by atoms with Gasteiger partial charge in [-0.15, -0.1) is 0 Å². The van der Waals surface area contributed by atoms with Gasteiger partial charge in [0.25, 0.3) is 0 Å². The third-order valence-electron chi connectivity index (χ3n) is 6.95. The molecule has 2 fully saturated rings. The van der Waals surface area contributed by atoms with Crippen molar-refractivity contribution in [2.24, 2.45) is 0 Å². The van der Waals surface area contributed by atoms with E-state index in [9.17, 15) is 4.79 Å². The highest BCUT2D eigenvalue weighted by molar-refractivity contribution is 5.81. The molecule has 7 nitrogen and oxygen atoms in total. The van der Waals surface area contributed by atoms with Gasteiger partial charge in [-0.2, -0.15) is 4.98 Å². The molecule has 0 unspecified atom stereocenters. The van der Waals surface area contributed by atoms with Crippen LogP contribution in [0.1, 0.15) is 50.6 Å². The zero-order valence-electron chi connectivity index (χ0n) is 19.0. The lowest BCUT2D eigenvalue weighted by Gasteiger charge is -2.35. The van der Waals surface area contributed by atoms with Crippen molar-refractivity contribution in [1.82, 2.24) is 19.4 Å². The number of amides is 1. The predicted molar refractivity (Wildman–Crippen MR) is 129 cm³/mol. The molecule has 1 aliphatic heterocycles. The number of rotatable bonds is 4. The van der Waals surface area contributed by atoms with E-state index in [1.807, 2.05) is 11.1 Å². The number of carbonyl (C=O) groups excluding carboxylic acids is 1. The summed E-state index contributed by atoms with van der Waals surface area (Å²) in [5, 5.41) is 4.52. The highest BCUT2D eigenvalue weighted by Gasteiger charge is 2.20. The van der Waals surface area contributed by atoms with Gasteiger partial charge in [-0.3, -0.25) is 4.79 Å². The smallest absolute Gasteiger partial charge is 0.229 e. The van der Waals surface area contributed by atoms with Crippen molar-refractivity contribution in [3.05, 3.63) is 42.2 Å². The first-order valence-electron chi connectivity index (χ1n) is 11.8. The van der Waals surface area contributed by atoms with E-state index in [4.69, 9.17) is 4.98 Å². The number of aromatic nitrogens is 3. The number of piperazine rings is 1. The minimum absolute atomic E-state index is 0.158. The van der Waals surface area contributed by atoms with Gasteiger partial charge in [-0.1, -0.05) is 19.3 Å². The number of aryl methyl sites for hydroxylation is 1. The second-order valence-corrected chi connectivity index (χ2v) is 9.11. The van der Waals surface area contributed by atoms with Crippen molar-refractivity contribution in [3.63, 3.8) is 0 Å². The van der Waals surface area contributed by atoms with Gasteiger partial charge in [0, 0.05) is 68.3 Å². The Morgan fingerprint density at radius 2 is 1.75 bits per heavy atom. The molecule has 0 radical (unpaired) electrons. The van der Waals surface area contributed by atoms with Gasteiger partial charge in [0.15, 0.2) is 0 Å². The average Bonchev–Trinajstić information content (AvgIpc) is 3.16. The van der Waals surface area contributed by atoms with Crippen LogP contribution in [0.5, 0.6) is 0 Å². The van der Waals surface area contributed by atoms with Crippen LogP contribution in [0.15, 0.2) is 36.7 Å². The molecule has 1 aromatic carbocycles. The first-order valence-corrected chi connectivity index (χ1v) is 11.8. The quantitative estimate of drug-likeness (QED) is 0.650. The third-order valence-corrected chi connectivity index (χ3v) is 6.95. The number of hydrogen-bond donors (Lipinski definition) is 1. The summed E-state index contributed by atoms with van der Waals surface area (Å²) in [4.78, 5) is 25.2. The van der Waals surface area contributed by atoms with Gasteiger partial charge in [-0.05, 0) is 49.6 Å². The summed E-state index contributed by atoms with van der Waals surface area (Å²) in [6, 6.07) is 8.95. The maximum absolute atomic E-state index is 11.5. The van der Waals surface area contributed by atoms with E-state index < -0.39 is 0 Å². The van der Waals surface area contributed by atoms with E-state index in [0.29, 0.717) is 12.0 Å². The average molecular weight is 433 g/mol. The summed E-state index contributed by atoms with van der Waals surface area (Å²) in [6.45, 7) is 7.08. The lowest BCUT2D eigenvalue weighted by Crippen LogP contribution is -2.48. The van der Waals surface area contributed by atoms with Crippen LogP contribution >= 0.6 is 0 Å². The number of anilines is 3. The number of benzene rings is 1. The minimum atomic E-state index is 0.158. The van der Waals surface area contributed by atoms with E-state index >= 15 is 0 Å². The fourth-order valence-corrected chi connectivity index (χ4v) is 5.05. The Morgan fingerprint density at radius 3 is 2.44 bits per heavy atom. The van der Waals surface area contributed by atoms with Crippen LogP contribution in [0.25, 0.3) is 11.0 Å². The first-order chi connectivity index (χ1) is 15.6. The topological polar surface area (TPSA) is 66.3 Å². The molecule has 0 spiro atoms. The molecule has 1 saturated heterocycles. The van der Waals surface area contributed by atoms with Crippen LogP contribution < -0.4 is 10.2 Å². The molecule has 0 atom stereocenters. The van der Waals surface area contributed by atoms with Crippen molar-refractivity contribution in [1.29, 1.82) is 0 Å². The number of nitrogens with zero attached hydrogens (tertiary/aromatic N) is 5. The summed E-state index contributed by atoms with van der Waals surface area (Å²) < 4.78 is 2.38. The Balaban J connectivity index is 1.30. The van der Waals surface area contributed by atoms with Crippen LogP contribution in [0, 0.1) is 6.92 Å². The lowest BCUT2D eigenvalue weighted by atomic mass is 9.95. The zero-order valence-corrected chi connectivity index (χ0v) is 19.0. The summed E-state index contributed by atoms with van der Waals surface area (Å²) in [7, 11) is 0. The van der Waals surface area contributed by atoms with Crippen LogP contribution in [0.4, 0.5) is 17.3 Å². The predicted octanol–water partition coefficient (Wildman–Crippen LogP) is 4.66. The zero-order chi connectivity index (χ0) is 22.1. The van der Waals surface area contributed by atoms with Crippen molar-refractivity contribution in [2.45, 2.75) is 52.0 Å². The molecule has 5 rings (SSSR count). The summed E-state index contributed by atoms with van der Waals surface area (Å²) >= 11 is 0. The maximum Gasteiger partial charge on any atom is 0.229 e. The van der Waals surface area contributed by atoms with E-state index in [1.165, 1.54) is 43.4 Å². The first kappa shape index (κ1) is 20.8. The Bertz CT molecular complexity index is 1090. The third kappa shape index (κ3) is 4.16. The molecule has 32 heavy (non-hydrogen) atoms. The summed E-state index contributed by atoms with van der Waals surface area (Å²) in [6.07, 6.45) is 10.6. The monoisotopic (exact) mass is 432 g/mol. The SMILES string of the molecule is CC(=O)N1CCN(c2ccc(Nc3ncc4c(C)cn(C5CCCCC5)c4n3)cc2)CC1. The largest absolute Gasteiger partial charge is 0.368 e. The highest BCUT2D eigenvalue weighted by atomic mass is 16.2. The van der Waals surface area contributed by atoms with E-state index in [1.54, 1.807) is 6.92 Å². The Morgan fingerprint density at radius 1 is 1.03 bits per heavy atom. The van der Waals surface area contributed by atoms with Gasteiger partial charge in [0.1, 0.15) is 5.65 Å². The molecule has 7 heteroatoms. The Labute approximate surface area is 189 Å². The van der Waals surface area contributed by atoms with Crippen molar-refractivity contribution >= 4 is 34.3 Å². The van der Waals surface area contributed by atoms with E-state index in [0.717, 1.165) is 42.9 Å². The normalized spacial score (nSPS) is 17.7. The minimum Gasteiger partial charge on any atom is -0.368 e. The summed E-state index contributed by atoms with van der Waals surface area (Å²) in [5.74, 6) is 0.793. The van der Waals surface area contributed by atoms with Gasteiger partial charge in [0.2, 0.25) is 11.9 Å². The number of fused-ring (bicyclic) bond motifs is 1. The highest BCUT2D eigenvalue weighted by Crippen LogP contribution is 2.32. The number of hydrogen-bond acceptors (Lipinski definition) is 5. The molecule has 2 aliphatic rings. The van der Waals surface area contributed by atoms with Crippen LogP contribution in [0.2, 0.25) is 0 Å². The molecular weight excluding hydrogens is 400 g/mol. The van der Waals surface area contributed by atoms with Gasteiger partial charge < -0.3 is 19.7 Å². The Hall–Kier alpha value is -3.09. The van der Waals surface area contributed by atoms with Gasteiger partial charge in [0.05, 0.1) is 0 Å². The second-order valence-electron chi connectivity index (χ2n) is 9.11. The fraction of sp³-hybridized carbons (Fsp3) is 0.480. The summed E-state index contributed by atoms with van der Waals surface area (Å²) in [5.41, 5.74) is 4.43. The van der Waals surface area contributed by atoms with Crippen LogP contribution in [0.3, 0.4) is 0 Å². The second kappa shape index (κ2) is 8.81. The van der Waals surface area contributed by atoms with E-state index in [2.05, 4.69) is 57.2 Å².